The Balaban J connectivity index is 1.68. The summed E-state index contributed by atoms with van der Waals surface area (Å²) in [6.45, 7) is 2.82. The minimum Gasteiger partial charge on any atom is -0.469 e. The molecular weight excluding hydrogens is 353 g/mol. The van der Waals surface area contributed by atoms with Gasteiger partial charge < -0.3 is 25.5 Å². The van der Waals surface area contributed by atoms with Crippen molar-refractivity contribution in [2.75, 3.05) is 23.8 Å². The van der Waals surface area contributed by atoms with Gasteiger partial charge in [-0.25, -0.2) is 4.39 Å². The third-order valence-corrected chi connectivity index (χ3v) is 4.66. The molecular formula is C19H22FN3O4. The second kappa shape index (κ2) is 8.32. The fraction of sp³-hybridized carbons (Fsp3) is 0.368. The van der Waals surface area contributed by atoms with Crippen molar-refractivity contribution in [1.29, 1.82) is 0 Å². The zero-order valence-corrected chi connectivity index (χ0v) is 15.0. The summed E-state index contributed by atoms with van der Waals surface area (Å²) in [5, 5.41) is 5.17. The minimum absolute atomic E-state index is 0.0435. The van der Waals surface area contributed by atoms with Gasteiger partial charge in [-0.2, -0.15) is 0 Å². The first-order chi connectivity index (χ1) is 13.0. The van der Waals surface area contributed by atoms with Crippen LogP contribution in [0.15, 0.2) is 34.9 Å². The van der Waals surface area contributed by atoms with Crippen LogP contribution in [0.4, 0.5) is 15.8 Å². The summed E-state index contributed by atoms with van der Waals surface area (Å²) >= 11 is 0. The smallest absolute Gasteiger partial charge is 0.259 e. The molecule has 4 N–H and O–H groups in total. The number of hydrogen-bond acceptors (Lipinski definition) is 5. The third-order valence-electron chi connectivity index (χ3n) is 4.66. The van der Waals surface area contributed by atoms with E-state index in [-0.39, 0.29) is 17.5 Å². The molecule has 3 rings (SSSR count). The van der Waals surface area contributed by atoms with E-state index in [2.05, 4.69) is 10.6 Å². The van der Waals surface area contributed by atoms with Crippen LogP contribution in [0.25, 0.3) is 0 Å². The van der Waals surface area contributed by atoms with E-state index in [1.807, 2.05) is 0 Å². The van der Waals surface area contributed by atoms with Crippen LogP contribution >= 0.6 is 0 Å². The summed E-state index contributed by atoms with van der Waals surface area (Å²) in [5.41, 5.74) is 6.66. The Hall–Kier alpha value is -2.71. The first kappa shape index (κ1) is 19.1. The van der Waals surface area contributed by atoms with Crippen molar-refractivity contribution in [3.05, 3.63) is 47.7 Å². The Morgan fingerprint density at radius 3 is 2.63 bits per heavy atom. The average molecular weight is 375 g/mol. The maximum atomic E-state index is 14.1. The summed E-state index contributed by atoms with van der Waals surface area (Å²) in [6, 6.07) is 4.78. The van der Waals surface area contributed by atoms with E-state index < -0.39 is 17.8 Å². The van der Waals surface area contributed by atoms with Gasteiger partial charge in [0.2, 0.25) is 5.91 Å². The predicted octanol–water partition coefficient (Wildman–Crippen LogP) is 2.67. The maximum absolute atomic E-state index is 14.1. The largest absolute Gasteiger partial charge is 0.469 e. The quantitative estimate of drug-likeness (QED) is 0.745. The summed E-state index contributed by atoms with van der Waals surface area (Å²) < 4.78 is 24.4. The summed E-state index contributed by atoms with van der Waals surface area (Å²) in [6.07, 6.45) is 2.83. The molecule has 1 fully saturated rings. The van der Waals surface area contributed by atoms with E-state index >= 15 is 0 Å². The van der Waals surface area contributed by atoms with Crippen molar-refractivity contribution in [3.63, 3.8) is 0 Å². The Kier molecular flexibility index (Phi) is 5.88. The number of nitrogens with one attached hydrogen (secondary N) is 2. The Labute approximate surface area is 156 Å². The number of benzene rings is 1. The van der Waals surface area contributed by atoms with Gasteiger partial charge in [-0.05, 0) is 49.9 Å². The number of hydrogen-bond donors (Lipinski definition) is 3. The van der Waals surface area contributed by atoms with Gasteiger partial charge >= 0.3 is 0 Å². The number of anilines is 2. The number of halogens is 1. The van der Waals surface area contributed by atoms with Gasteiger partial charge in [-0.3, -0.25) is 9.59 Å². The van der Waals surface area contributed by atoms with E-state index in [1.165, 1.54) is 30.5 Å². The molecule has 1 aromatic carbocycles. The van der Waals surface area contributed by atoms with Crippen LogP contribution in [0.1, 0.15) is 29.0 Å². The molecule has 27 heavy (non-hydrogen) atoms. The number of rotatable bonds is 5. The molecule has 0 bridgehead atoms. The lowest BCUT2D eigenvalue weighted by atomic mass is 9.92. The van der Waals surface area contributed by atoms with Gasteiger partial charge in [-0.15, -0.1) is 0 Å². The van der Waals surface area contributed by atoms with Gasteiger partial charge in [0.05, 0.1) is 23.6 Å². The molecule has 2 heterocycles. The highest BCUT2D eigenvalue weighted by molar-refractivity contribution is 6.05. The zero-order valence-electron chi connectivity index (χ0n) is 15.0. The highest BCUT2D eigenvalue weighted by Crippen LogP contribution is 2.23. The van der Waals surface area contributed by atoms with Crippen LogP contribution in [0, 0.1) is 18.7 Å². The van der Waals surface area contributed by atoms with Crippen molar-refractivity contribution in [1.82, 2.24) is 0 Å². The summed E-state index contributed by atoms with van der Waals surface area (Å²) in [5.74, 6) is -0.988. The molecule has 2 amide bonds. The SMILES string of the molecule is Cc1occc1C(=O)Nc1cc(NC(=O)C(N)C2CCOCC2)ccc1F. The summed E-state index contributed by atoms with van der Waals surface area (Å²) in [4.78, 5) is 24.6. The fourth-order valence-corrected chi connectivity index (χ4v) is 3.02. The predicted molar refractivity (Wildman–Crippen MR) is 97.9 cm³/mol. The van der Waals surface area contributed by atoms with E-state index in [1.54, 1.807) is 6.92 Å². The molecule has 1 saturated heterocycles. The number of furan rings is 1. The first-order valence-electron chi connectivity index (χ1n) is 8.75. The van der Waals surface area contributed by atoms with E-state index in [9.17, 15) is 14.0 Å². The minimum atomic E-state index is -0.675. The zero-order chi connectivity index (χ0) is 19.4. The topological polar surface area (TPSA) is 107 Å². The fourth-order valence-electron chi connectivity index (χ4n) is 3.02. The first-order valence-corrected chi connectivity index (χ1v) is 8.75. The van der Waals surface area contributed by atoms with E-state index in [4.69, 9.17) is 14.9 Å². The number of aryl methyl sites for hydroxylation is 1. The molecule has 7 nitrogen and oxygen atoms in total. The molecule has 2 aromatic rings. The monoisotopic (exact) mass is 375 g/mol. The highest BCUT2D eigenvalue weighted by atomic mass is 19.1. The molecule has 1 atom stereocenters. The molecule has 144 valence electrons. The number of carbonyl (C=O) groups is 2. The number of nitrogens with two attached hydrogens (primary N) is 1. The van der Waals surface area contributed by atoms with Gasteiger partial charge in [0.15, 0.2) is 0 Å². The van der Waals surface area contributed by atoms with Gasteiger partial charge in [-0.1, -0.05) is 0 Å². The van der Waals surface area contributed by atoms with Gasteiger partial charge in [0.25, 0.3) is 5.91 Å². The molecule has 8 heteroatoms. The maximum Gasteiger partial charge on any atom is 0.259 e. The molecule has 0 spiro atoms. The van der Waals surface area contributed by atoms with Crippen LogP contribution in [0.5, 0.6) is 0 Å². The molecule has 0 aliphatic carbocycles. The second-order valence-electron chi connectivity index (χ2n) is 6.50. The van der Waals surface area contributed by atoms with Gasteiger partial charge in [0, 0.05) is 18.9 Å². The van der Waals surface area contributed by atoms with Crippen LogP contribution in [-0.2, 0) is 9.53 Å². The average Bonchev–Trinajstić information content (AvgIpc) is 3.10. The third kappa shape index (κ3) is 4.53. The highest BCUT2D eigenvalue weighted by Gasteiger charge is 2.26. The molecule has 1 aliphatic heterocycles. The molecule has 1 unspecified atom stereocenters. The van der Waals surface area contributed by atoms with Crippen LogP contribution in [-0.4, -0.2) is 31.1 Å². The molecule has 1 aromatic heterocycles. The van der Waals surface area contributed by atoms with Crippen molar-refractivity contribution in [3.8, 4) is 0 Å². The Morgan fingerprint density at radius 2 is 1.96 bits per heavy atom. The second-order valence-corrected chi connectivity index (χ2v) is 6.50. The summed E-state index contributed by atoms with van der Waals surface area (Å²) in [7, 11) is 0. The Bertz CT molecular complexity index is 830. The Morgan fingerprint density at radius 1 is 1.22 bits per heavy atom. The van der Waals surface area contributed by atoms with Gasteiger partial charge in [0.1, 0.15) is 11.6 Å². The van der Waals surface area contributed by atoms with Crippen LogP contribution < -0.4 is 16.4 Å². The number of carbonyl (C=O) groups excluding carboxylic acids is 2. The van der Waals surface area contributed by atoms with E-state index in [0.29, 0.717) is 30.2 Å². The molecule has 1 aliphatic rings. The van der Waals surface area contributed by atoms with E-state index in [0.717, 1.165) is 12.8 Å². The van der Waals surface area contributed by atoms with Crippen LogP contribution in [0.3, 0.4) is 0 Å². The normalized spacial score (nSPS) is 16.0. The van der Waals surface area contributed by atoms with Crippen molar-refractivity contribution < 1.29 is 23.1 Å². The number of ether oxygens (including phenoxy) is 1. The molecule has 0 radical (unpaired) electrons. The lowest BCUT2D eigenvalue weighted by Gasteiger charge is -2.26. The lowest BCUT2D eigenvalue weighted by Crippen LogP contribution is -2.44. The van der Waals surface area contributed by atoms with Crippen molar-refractivity contribution >= 4 is 23.2 Å². The van der Waals surface area contributed by atoms with Crippen molar-refractivity contribution in [2.24, 2.45) is 11.7 Å². The van der Waals surface area contributed by atoms with Crippen molar-refractivity contribution in [2.45, 2.75) is 25.8 Å². The molecule has 0 saturated carbocycles. The lowest BCUT2D eigenvalue weighted by molar-refractivity contribution is -0.119. The standard InChI is InChI=1S/C19H22FN3O4/c1-11-14(6-9-27-11)18(24)23-16-10-13(2-3-15(16)20)22-19(25)17(21)12-4-7-26-8-5-12/h2-3,6,9-10,12,17H,4-5,7-8,21H2,1H3,(H,22,25)(H,23,24). The number of amides is 2. The van der Waals surface area contributed by atoms with Crippen LogP contribution in [0.2, 0.25) is 0 Å².